The van der Waals surface area contributed by atoms with Crippen LogP contribution in [0.1, 0.15) is 18.4 Å². The molecule has 0 spiro atoms. The third kappa shape index (κ3) is 2.87. The quantitative estimate of drug-likeness (QED) is 0.828. The lowest BCUT2D eigenvalue weighted by Gasteiger charge is -1.97. The molecular weight excluding hydrogens is 238 g/mol. The normalized spacial score (nSPS) is 10.8. The van der Waals surface area contributed by atoms with Crippen molar-refractivity contribution < 1.29 is 9.15 Å². The maximum absolute atomic E-state index is 5.83. The zero-order valence-corrected chi connectivity index (χ0v) is 10.6. The van der Waals surface area contributed by atoms with E-state index in [0.29, 0.717) is 24.1 Å². The van der Waals surface area contributed by atoms with Crippen LogP contribution >= 0.6 is 11.6 Å². The standard InChI is InChI=1S/C13H14ClNO2/c1-3-16-8-12-9(2)15-13(17-12)10-4-6-11(14)7-5-10/h4-7H,3,8H2,1-2H3. The minimum absolute atomic E-state index is 0.461. The zero-order valence-electron chi connectivity index (χ0n) is 9.87. The number of hydrogen-bond acceptors (Lipinski definition) is 3. The molecular formula is C13H14ClNO2. The number of aryl methyl sites for hydroxylation is 1. The Morgan fingerprint density at radius 1 is 1.29 bits per heavy atom. The molecule has 1 aromatic carbocycles. The molecule has 0 unspecified atom stereocenters. The van der Waals surface area contributed by atoms with Crippen molar-refractivity contribution in [1.29, 1.82) is 0 Å². The highest BCUT2D eigenvalue weighted by Crippen LogP contribution is 2.23. The van der Waals surface area contributed by atoms with Gasteiger partial charge in [-0.25, -0.2) is 4.98 Å². The number of halogens is 1. The minimum Gasteiger partial charge on any atom is -0.438 e. The van der Waals surface area contributed by atoms with Gasteiger partial charge in [0.05, 0.1) is 5.69 Å². The summed E-state index contributed by atoms with van der Waals surface area (Å²) >= 11 is 5.83. The fourth-order valence-electron chi connectivity index (χ4n) is 1.47. The fourth-order valence-corrected chi connectivity index (χ4v) is 1.60. The molecule has 0 radical (unpaired) electrons. The lowest BCUT2D eigenvalue weighted by Crippen LogP contribution is -1.91. The van der Waals surface area contributed by atoms with Crippen molar-refractivity contribution in [3.63, 3.8) is 0 Å². The van der Waals surface area contributed by atoms with Crippen molar-refractivity contribution in [2.24, 2.45) is 0 Å². The maximum Gasteiger partial charge on any atom is 0.226 e. The molecule has 0 bridgehead atoms. The second kappa shape index (κ2) is 5.34. The van der Waals surface area contributed by atoms with Crippen molar-refractivity contribution in [1.82, 2.24) is 4.98 Å². The second-order valence-corrected chi connectivity index (χ2v) is 4.11. The molecule has 0 saturated heterocycles. The molecule has 2 aromatic rings. The summed E-state index contributed by atoms with van der Waals surface area (Å²) in [5.74, 6) is 1.38. The molecule has 0 saturated carbocycles. The van der Waals surface area contributed by atoms with E-state index in [4.69, 9.17) is 20.8 Å². The number of nitrogens with zero attached hydrogens (tertiary/aromatic N) is 1. The van der Waals surface area contributed by atoms with Gasteiger partial charge in [-0.2, -0.15) is 0 Å². The van der Waals surface area contributed by atoms with Crippen molar-refractivity contribution >= 4 is 11.6 Å². The summed E-state index contributed by atoms with van der Waals surface area (Å²) in [7, 11) is 0. The topological polar surface area (TPSA) is 35.3 Å². The smallest absolute Gasteiger partial charge is 0.226 e. The molecule has 0 aliphatic heterocycles. The number of aromatic nitrogens is 1. The van der Waals surface area contributed by atoms with Crippen LogP contribution in [0.25, 0.3) is 11.5 Å². The number of benzene rings is 1. The first-order valence-electron chi connectivity index (χ1n) is 5.50. The summed E-state index contributed by atoms with van der Waals surface area (Å²) in [5, 5.41) is 0.701. The molecule has 1 heterocycles. The van der Waals surface area contributed by atoms with Gasteiger partial charge in [0.25, 0.3) is 0 Å². The third-order valence-electron chi connectivity index (χ3n) is 2.42. The lowest BCUT2D eigenvalue weighted by atomic mass is 10.2. The molecule has 90 valence electrons. The largest absolute Gasteiger partial charge is 0.438 e. The number of oxazole rings is 1. The molecule has 1 aromatic heterocycles. The van der Waals surface area contributed by atoms with Crippen LogP contribution in [0.5, 0.6) is 0 Å². The summed E-state index contributed by atoms with van der Waals surface area (Å²) < 4.78 is 11.0. The first kappa shape index (κ1) is 12.1. The van der Waals surface area contributed by atoms with Crippen LogP contribution < -0.4 is 0 Å². The maximum atomic E-state index is 5.83. The molecule has 2 rings (SSSR count). The second-order valence-electron chi connectivity index (χ2n) is 3.67. The van der Waals surface area contributed by atoms with Crippen molar-refractivity contribution in [3.05, 3.63) is 40.7 Å². The van der Waals surface area contributed by atoms with Crippen LogP contribution in [0.2, 0.25) is 5.02 Å². The molecule has 3 nitrogen and oxygen atoms in total. The summed E-state index contributed by atoms with van der Waals surface area (Å²) in [4.78, 5) is 4.37. The number of hydrogen-bond donors (Lipinski definition) is 0. The van der Waals surface area contributed by atoms with E-state index in [1.807, 2.05) is 38.1 Å². The SMILES string of the molecule is CCOCc1oc(-c2ccc(Cl)cc2)nc1C. The zero-order chi connectivity index (χ0) is 12.3. The van der Waals surface area contributed by atoms with Crippen LogP contribution in [0.4, 0.5) is 0 Å². The summed E-state index contributed by atoms with van der Waals surface area (Å²) in [6.45, 7) is 4.99. The average molecular weight is 252 g/mol. The molecule has 0 N–H and O–H groups in total. The van der Waals surface area contributed by atoms with Gasteiger partial charge in [0.1, 0.15) is 6.61 Å². The van der Waals surface area contributed by atoms with Gasteiger partial charge in [-0.1, -0.05) is 11.6 Å². The Labute approximate surface area is 105 Å². The van der Waals surface area contributed by atoms with Gasteiger partial charge in [-0.15, -0.1) is 0 Å². The molecule has 0 atom stereocenters. The van der Waals surface area contributed by atoms with Crippen molar-refractivity contribution in [3.8, 4) is 11.5 Å². The van der Waals surface area contributed by atoms with Crippen LogP contribution in [0, 0.1) is 6.92 Å². The summed E-state index contributed by atoms with van der Waals surface area (Å²) in [5.41, 5.74) is 1.78. The molecule has 0 aliphatic carbocycles. The number of ether oxygens (including phenoxy) is 1. The van der Waals surface area contributed by atoms with E-state index in [9.17, 15) is 0 Å². The molecule has 0 fully saturated rings. The van der Waals surface area contributed by atoms with Crippen LogP contribution in [-0.2, 0) is 11.3 Å². The Morgan fingerprint density at radius 2 is 2.00 bits per heavy atom. The van der Waals surface area contributed by atoms with E-state index in [1.54, 1.807) is 0 Å². The Balaban J connectivity index is 2.24. The molecule has 0 aliphatic rings. The van der Waals surface area contributed by atoms with Gasteiger partial charge in [-0.05, 0) is 38.1 Å². The van der Waals surface area contributed by atoms with Gasteiger partial charge < -0.3 is 9.15 Å². The van der Waals surface area contributed by atoms with E-state index in [1.165, 1.54) is 0 Å². The molecule has 17 heavy (non-hydrogen) atoms. The summed E-state index contributed by atoms with van der Waals surface area (Å²) in [6.07, 6.45) is 0. The monoisotopic (exact) mass is 251 g/mol. The lowest BCUT2D eigenvalue weighted by molar-refractivity contribution is 0.118. The van der Waals surface area contributed by atoms with Crippen molar-refractivity contribution in [2.75, 3.05) is 6.61 Å². The van der Waals surface area contributed by atoms with Gasteiger partial charge in [0.15, 0.2) is 5.76 Å². The first-order valence-corrected chi connectivity index (χ1v) is 5.88. The average Bonchev–Trinajstić information content (AvgIpc) is 2.69. The van der Waals surface area contributed by atoms with Crippen LogP contribution in [-0.4, -0.2) is 11.6 Å². The van der Waals surface area contributed by atoms with Crippen LogP contribution in [0.3, 0.4) is 0 Å². The fraction of sp³-hybridized carbons (Fsp3) is 0.308. The summed E-state index contributed by atoms with van der Waals surface area (Å²) in [6, 6.07) is 7.41. The van der Waals surface area contributed by atoms with Gasteiger partial charge in [-0.3, -0.25) is 0 Å². The number of rotatable bonds is 4. The van der Waals surface area contributed by atoms with Crippen molar-refractivity contribution in [2.45, 2.75) is 20.5 Å². The predicted molar refractivity (Wildman–Crippen MR) is 67.0 cm³/mol. The minimum atomic E-state index is 0.461. The van der Waals surface area contributed by atoms with E-state index in [-0.39, 0.29) is 0 Å². The highest BCUT2D eigenvalue weighted by atomic mass is 35.5. The van der Waals surface area contributed by atoms with E-state index < -0.39 is 0 Å². The molecule has 4 heteroatoms. The van der Waals surface area contributed by atoms with Gasteiger partial charge >= 0.3 is 0 Å². The molecule has 0 amide bonds. The Bertz CT molecular complexity index is 491. The Kier molecular flexibility index (Phi) is 3.82. The van der Waals surface area contributed by atoms with Gasteiger partial charge in [0, 0.05) is 17.2 Å². The van der Waals surface area contributed by atoms with Gasteiger partial charge in [0.2, 0.25) is 5.89 Å². The highest BCUT2D eigenvalue weighted by Gasteiger charge is 2.11. The van der Waals surface area contributed by atoms with E-state index in [2.05, 4.69) is 4.98 Å². The van der Waals surface area contributed by atoms with Crippen LogP contribution in [0.15, 0.2) is 28.7 Å². The van der Waals surface area contributed by atoms with E-state index >= 15 is 0 Å². The Hall–Kier alpha value is -1.32. The first-order chi connectivity index (χ1) is 8.20. The third-order valence-corrected chi connectivity index (χ3v) is 2.67. The van der Waals surface area contributed by atoms with E-state index in [0.717, 1.165) is 17.0 Å². The predicted octanol–water partition coefficient (Wildman–Crippen LogP) is 3.84. The highest BCUT2D eigenvalue weighted by molar-refractivity contribution is 6.30. The Morgan fingerprint density at radius 3 is 2.65 bits per heavy atom.